The minimum atomic E-state index is -0.604. The number of hydrogen-bond donors (Lipinski definition) is 2. The molecule has 1 aromatic rings. The van der Waals surface area contributed by atoms with Gasteiger partial charge in [0.1, 0.15) is 11.5 Å². The monoisotopic (exact) mass is 251 g/mol. The SMILES string of the molecule is CC(Oc1cccc(O)c1)C(=O)NC1CCOC1. The molecule has 1 aliphatic heterocycles. The van der Waals surface area contributed by atoms with E-state index in [1.807, 2.05) is 0 Å². The molecule has 2 atom stereocenters. The molecule has 0 aromatic heterocycles. The van der Waals surface area contributed by atoms with E-state index in [2.05, 4.69) is 5.32 Å². The van der Waals surface area contributed by atoms with Crippen LogP contribution in [0.4, 0.5) is 0 Å². The average Bonchev–Trinajstić information content (AvgIpc) is 2.81. The zero-order chi connectivity index (χ0) is 13.0. The number of phenols is 1. The number of carbonyl (C=O) groups excluding carboxylic acids is 1. The first-order chi connectivity index (χ1) is 8.65. The molecule has 5 heteroatoms. The van der Waals surface area contributed by atoms with Gasteiger partial charge in [0.25, 0.3) is 5.91 Å². The highest BCUT2D eigenvalue weighted by molar-refractivity contribution is 5.81. The van der Waals surface area contributed by atoms with Gasteiger partial charge in [-0.15, -0.1) is 0 Å². The Bertz CT molecular complexity index is 415. The first-order valence-corrected chi connectivity index (χ1v) is 5.99. The molecule has 1 amide bonds. The molecule has 5 nitrogen and oxygen atoms in total. The van der Waals surface area contributed by atoms with Gasteiger partial charge in [-0.05, 0) is 25.5 Å². The molecule has 1 fully saturated rings. The summed E-state index contributed by atoms with van der Waals surface area (Å²) in [5.74, 6) is 0.415. The molecule has 0 saturated carbocycles. The van der Waals surface area contributed by atoms with Crippen molar-refractivity contribution in [1.29, 1.82) is 0 Å². The topological polar surface area (TPSA) is 67.8 Å². The second kappa shape index (κ2) is 5.73. The molecule has 0 bridgehead atoms. The summed E-state index contributed by atoms with van der Waals surface area (Å²) in [6.45, 7) is 2.92. The van der Waals surface area contributed by atoms with Gasteiger partial charge in [0.15, 0.2) is 6.10 Å². The van der Waals surface area contributed by atoms with Crippen molar-refractivity contribution >= 4 is 5.91 Å². The molecule has 2 unspecified atom stereocenters. The van der Waals surface area contributed by atoms with E-state index in [4.69, 9.17) is 9.47 Å². The maximum atomic E-state index is 11.8. The van der Waals surface area contributed by atoms with Crippen molar-refractivity contribution in [1.82, 2.24) is 5.32 Å². The summed E-state index contributed by atoms with van der Waals surface area (Å²) in [5.41, 5.74) is 0. The summed E-state index contributed by atoms with van der Waals surface area (Å²) in [5, 5.41) is 12.2. The predicted octanol–water partition coefficient (Wildman–Crippen LogP) is 1.06. The van der Waals surface area contributed by atoms with Crippen LogP contribution in [-0.2, 0) is 9.53 Å². The average molecular weight is 251 g/mol. The van der Waals surface area contributed by atoms with Crippen molar-refractivity contribution in [3.63, 3.8) is 0 Å². The molecule has 2 rings (SSSR count). The molecule has 1 aliphatic rings. The molecule has 2 N–H and O–H groups in total. The summed E-state index contributed by atoms with van der Waals surface area (Å²) in [6.07, 6.45) is 0.234. The van der Waals surface area contributed by atoms with Crippen LogP contribution in [0.1, 0.15) is 13.3 Å². The Morgan fingerprint density at radius 2 is 2.44 bits per heavy atom. The Kier molecular flexibility index (Phi) is 4.04. The van der Waals surface area contributed by atoms with Crippen molar-refractivity contribution in [3.05, 3.63) is 24.3 Å². The second-order valence-electron chi connectivity index (χ2n) is 4.33. The van der Waals surface area contributed by atoms with Crippen molar-refractivity contribution in [3.8, 4) is 11.5 Å². The number of nitrogens with one attached hydrogen (secondary N) is 1. The fourth-order valence-electron chi connectivity index (χ4n) is 1.78. The van der Waals surface area contributed by atoms with Crippen LogP contribution in [0, 0.1) is 0 Å². The quantitative estimate of drug-likeness (QED) is 0.839. The van der Waals surface area contributed by atoms with Crippen LogP contribution in [0.3, 0.4) is 0 Å². The van der Waals surface area contributed by atoms with Gasteiger partial charge in [0, 0.05) is 12.7 Å². The van der Waals surface area contributed by atoms with E-state index < -0.39 is 6.10 Å². The number of carbonyl (C=O) groups is 1. The molecule has 98 valence electrons. The zero-order valence-corrected chi connectivity index (χ0v) is 10.3. The highest BCUT2D eigenvalue weighted by atomic mass is 16.5. The van der Waals surface area contributed by atoms with E-state index in [-0.39, 0.29) is 17.7 Å². The molecule has 0 spiro atoms. The normalized spacial score (nSPS) is 20.4. The van der Waals surface area contributed by atoms with Gasteiger partial charge in [0.2, 0.25) is 0 Å². The molecule has 0 aliphatic carbocycles. The highest BCUT2D eigenvalue weighted by Gasteiger charge is 2.22. The number of phenolic OH excluding ortho intramolecular Hbond substituents is 1. The third-order valence-corrected chi connectivity index (χ3v) is 2.78. The Hall–Kier alpha value is -1.75. The zero-order valence-electron chi connectivity index (χ0n) is 10.3. The number of ether oxygens (including phenoxy) is 2. The number of aromatic hydroxyl groups is 1. The van der Waals surface area contributed by atoms with Crippen molar-refractivity contribution < 1.29 is 19.4 Å². The van der Waals surface area contributed by atoms with E-state index in [1.165, 1.54) is 6.07 Å². The Balaban J connectivity index is 1.86. The number of rotatable bonds is 4. The first-order valence-electron chi connectivity index (χ1n) is 5.99. The predicted molar refractivity (Wildman–Crippen MR) is 65.6 cm³/mol. The minimum Gasteiger partial charge on any atom is -0.508 e. The van der Waals surface area contributed by atoms with E-state index in [0.717, 1.165) is 6.42 Å². The highest BCUT2D eigenvalue weighted by Crippen LogP contribution is 2.19. The minimum absolute atomic E-state index is 0.0766. The maximum absolute atomic E-state index is 11.8. The summed E-state index contributed by atoms with van der Waals surface area (Å²) in [6, 6.07) is 6.46. The second-order valence-corrected chi connectivity index (χ2v) is 4.33. The Morgan fingerprint density at radius 3 is 3.11 bits per heavy atom. The fraction of sp³-hybridized carbons (Fsp3) is 0.462. The van der Waals surface area contributed by atoms with Crippen molar-refractivity contribution in [2.45, 2.75) is 25.5 Å². The number of amides is 1. The molecule has 1 heterocycles. The van der Waals surface area contributed by atoms with Gasteiger partial charge in [-0.1, -0.05) is 6.07 Å². The van der Waals surface area contributed by atoms with Gasteiger partial charge < -0.3 is 19.9 Å². The summed E-state index contributed by atoms with van der Waals surface area (Å²) in [7, 11) is 0. The smallest absolute Gasteiger partial charge is 0.261 e. The molecular formula is C13H17NO4. The van der Waals surface area contributed by atoms with Gasteiger partial charge in [-0.3, -0.25) is 4.79 Å². The summed E-state index contributed by atoms with van der Waals surface area (Å²) in [4.78, 5) is 11.8. The summed E-state index contributed by atoms with van der Waals surface area (Å²) >= 11 is 0. The van der Waals surface area contributed by atoms with Crippen LogP contribution in [0.25, 0.3) is 0 Å². The van der Waals surface area contributed by atoms with Gasteiger partial charge >= 0.3 is 0 Å². The van der Waals surface area contributed by atoms with Crippen LogP contribution in [-0.4, -0.2) is 36.4 Å². The molecule has 0 radical (unpaired) electrons. The van der Waals surface area contributed by atoms with E-state index >= 15 is 0 Å². The lowest BCUT2D eigenvalue weighted by Gasteiger charge is -2.17. The molecule has 1 saturated heterocycles. The van der Waals surface area contributed by atoms with Crippen LogP contribution >= 0.6 is 0 Å². The van der Waals surface area contributed by atoms with Gasteiger partial charge in [-0.25, -0.2) is 0 Å². The largest absolute Gasteiger partial charge is 0.508 e. The standard InChI is InChI=1S/C13H17NO4/c1-9(13(16)14-10-5-6-17-8-10)18-12-4-2-3-11(15)7-12/h2-4,7,9-10,15H,5-6,8H2,1H3,(H,14,16). The fourth-order valence-corrected chi connectivity index (χ4v) is 1.78. The molecule has 1 aromatic carbocycles. The number of hydrogen-bond acceptors (Lipinski definition) is 4. The third kappa shape index (κ3) is 3.37. The van der Waals surface area contributed by atoms with E-state index in [0.29, 0.717) is 19.0 Å². The van der Waals surface area contributed by atoms with Crippen LogP contribution in [0.15, 0.2) is 24.3 Å². The van der Waals surface area contributed by atoms with E-state index in [9.17, 15) is 9.90 Å². The van der Waals surface area contributed by atoms with E-state index in [1.54, 1.807) is 25.1 Å². The lowest BCUT2D eigenvalue weighted by atomic mass is 10.2. The van der Waals surface area contributed by atoms with Crippen LogP contribution in [0.5, 0.6) is 11.5 Å². The van der Waals surface area contributed by atoms with Crippen molar-refractivity contribution in [2.75, 3.05) is 13.2 Å². The maximum Gasteiger partial charge on any atom is 0.261 e. The first kappa shape index (κ1) is 12.7. The van der Waals surface area contributed by atoms with Gasteiger partial charge in [-0.2, -0.15) is 0 Å². The van der Waals surface area contributed by atoms with Crippen LogP contribution in [0.2, 0.25) is 0 Å². The third-order valence-electron chi connectivity index (χ3n) is 2.78. The lowest BCUT2D eigenvalue weighted by Crippen LogP contribution is -2.42. The van der Waals surface area contributed by atoms with Crippen LogP contribution < -0.4 is 10.1 Å². The summed E-state index contributed by atoms with van der Waals surface area (Å²) < 4.78 is 10.6. The number of benzene rings is 1. The Labute approximate surface area is 106 Å². The van der Waals surface area contributed by atoms with Gasteiger partial charge in [0.05, 0.1) is 12.6 Å². The van der Waals surface area contributed by atoms with Crippen molar-refractivity contribution in [2.24, 2.45) is 0 Å². The molecule has 18 heavy (non-hydrogen) atoms. The Morgan fingerprint density at radius 1 is 1.61 bits per heavy atom. The lowest BCUT2D eigenvalue weighted by molar-refractivity contribution is -0.128. The molecular weight excluding hydrogens is 234 g/mol.